The number of allylic oxidation sites excluding steroid dienone is 6. The first-order valence-corrected chi connectivity index (χ1v) is 20.0. The van der Waals surface area contributed by atoms with Crippen LogP contribution in [0.1, 0.15) is 149 Å². The van der Waals surface area contributed by atoms with Crippen LogP contribution < -0.4 is 0 Å². The summed E-state index contributed by atoms with van der Waals surface area (Å²) < 4.78 is 26.2. The Morgan fingerprint density at radius 1 is 0.729 bits per heavy atom. The van der Waals surface area contributed by atoms with E-state index in [2.05, 4.69) is 31.4 Å². The third-order valence-corrected chi connectivity index (χ3v) is 8.46. The predicted molar refractivity (Wildman–Crippen MR) is 194 cm³/mol. The molecule has 3 N–H and O–H groups in total. The molecule has 0 aliphatic heterocycles. The highest BCUT2D eigenvalue weighted by molar-refractivity contribution is 7.46. The van der Waals surface area contributed by atoms with Gasteiger partial charge in [0.2, 0.25) is 0 Å². The highest BCUT2D eigenvalue weighted by Gasteiger charge is 2.22. The molecule has 0 bridgehead atoms. The highest BCUT2D eigenvalue weighted by Crippen LogP contribution is 2.36. The van der Waals surface area contributed by atoms with Crippen molar-refractivity contribution >= 4 is 19.8 Å². The van der Waals surface area contributed by atoms with Crippen LogP contribution in [0.3, 0.4) is 0 Å². The van der Waals surface area contributed by atoms with Crippen molar-refractivity contribution in [2.75, 3.05) is 13.2 Å². The van der Waals surface area contributed by atoms with Gasteiger partial charge in [-0.05, 0) is 50.9 Å². The molecule has 0 aliphatic carbocycles. The third kappa shape index (κ3) is 33.9. The fraction of sp³-hybridized carbons (Fsp3) is 0.737. The molecule has 10 heteroatoms. The summed E-state index contributed by atoms with van der Waals surface area (Å²) in [6, 6.07) is 0. The molecule has 0 aromatic heterocycles. The van der Waals surface area contributed by atoms with E-state index in [0.29, 0.717) is 32.1 Å². The second-order valence-corrected chi connectivity index (χ2v) is 13.9. The Hall–Kier alpha value is -2.03. The van der Waals surface area contributed by atoms with Crippen LogP contribution in [-0.2, 0) is 28.2 Å². The molecule has 0 fully saturated rings. The first-order valence-electron chi connectivity index (χ1n) is 18.4. The number of hydrogen-bond donors (Lipinski definition) is 3. The number of aliphatic hydroxyl groups is 1. The van der Waals surface area contributed by atoms with Gasteiger partial charge in [0.1, 0.15) is 6.61 Å². The van der Waals surface area contributed by atoms with Gasteiger partial charge in [-0.25, -0.2) is 4.57 Å². The van der Waals surface area contributed by atoms with Crippen LogP contribution in [0.4, 0.5) is 0 Å². The smallest absolute Gasteiger partial charge is 0.462 e. The number of phosphoric ester groups is 1. The maximum atomic E-state index is 12.3. The quantitative estimate of drug-likeness (QED) is 0.0206. The van der Waals surface area contributed by atoms with Gasteiger partial charge < -0.3 is 24.4 Å². The van der Waals surface area contributed by atoms with Gasteiger partial charge in [-0.1, -0.05) is 140 Å². The van der Waals surface area contributed by atoms with Crippen LogP contribution in [-0.4, -0.2) is 52.3 Å². The van der Waals surface area contributed by atoms with E-state index in [9.17, 15) is 19.3 Å². The maximum absolute atomic E-state index is 12.3. The lowest BCUT2D eigenvalue weighted by Crippen LogP contribution is -2.29. The Morgan fingerprint density at radius 2 is 1.38 bits per heavy atom. The van der Waals surface area contributed by atoms with Crippen LogP contribution in [0.15, 0.2) is 48.6 Å². The Kier molecular flexibility index (Phi) is 30.8. The summed E-state index contributed by atoms with van der Waals surface area (Å²) in [6.07, 6.45) is 33.0. The number of aliphatic hydroxyl groups excluding tert-OH is 1. The zero-order chi connectivity index (χ0) is 35.7. The molecule has 0 aromatic carbocycles. The largest absolute Gasteiger partial charge is 0.469 e. The Balaban J connectivity index is 4.18. The Bertz CT molecular complexity index is 954. The number of carbonyl (C=O) groups is 2. The summed E-state index contributed by atoms with van der Waals surface area (Å²) in [5.74, 6) is -0.180. The van der Waals surface area contributed by atoms with Crippen LogP contribution in [0.5, 0.6) is 0 Å². The number of hydrogen-bond acceptors (Lipinski definition) is 7. The van der Waals surface area contributed by atoms with Crippen molar-refractivity contribution in [1.29, 1.82) is 0 Å². The molecule has 0 saturated carbocycles. The minimum atomic E-state index is -4.78. The minimum absolute atomic E-state index is 0.101. The average Bonchev–Trinajstić information content (AvgIpc) is 3.05. The lowest BCUT2D eigenvalue weighted by atomic mass is 9.99. The van der Waals surface area contributed by atoms with E-state index in [0.717, 1.165) is 31.6 Å². The van der Waals surface area contributed by atoms with Crippen LogP contribution in [0, 0.1) is 5.92 Å². The summed E-state index contributed by atoms with van der Waals surface area (Å²) >= 11 is 0. The van der Waals surface area contributed by atoms with Crippen molar-refractivity contribution in [2.45, 2.75) is 161 Å². The molecule has 0 saturated heterocycles. The number of carbonyl (C=O) groups excluding carboxylic acids is 2. The molecule has 0 amide bonds. The molecule has 3 atom stereocenters. The molecule has 1 unspecified atom stereocenters. The number of rotatable bonds is 32. The summed E-state index contributed by atoms with van der Waals surface area (Å²) in [5, 5.41) is 10.0. The van der Waals surface area contributed by atoms with E-state index in [1.165, 1.54) is 57.8 Å². The first-order chi connectivity index (χ1) is 23.1. The first kappa shape index (κ1) is 46.0. The summed E-state index contributed by atoms with van der Waals surface area (Å²) in [6.45, 7) is 5.83. The van der Waals surface area contributed by atoms with E-state index >= 15 is 0 Å². The molecule has 0 aliphatic rings. The summed E-state index contributed by atoms with van der Waals surface area (Å²) in [7, 11) is -4.78. The number of esters is 2. The topological polar surface area (TPSA) is 140 Å². The lowest BCUT2D eigenvalue weighted by molar-refractivity contribution is -0.161. The van der Waals surface area contributed by atoms with Crippen molar-refractivity contribution in [3.63, 3.8) is 0 Å². The molecule has 0 spiro atoms. The van der Waals surface area contributed by atoms with Gasteiger partial charge in [-0.3, -0.25) is 14.1 Å². The lowest BCUT2D eigenvalue weighted by Gasteiger charge is -2.18. The number of phosphoric acid groups is 1. The molecular formula is C38H67O9P. The zero-order valence-corrected chi connectivity index (χ0v) is 31.0. The molecular weight excluding hydrogens is 631 g/mol. The molecule has 278 valence electrons. The monoisotopic (exact) mass is 698 g/mol. The summed E-state index contributed by atoms with van der Waals surface area (Å²) in [4.78, 5) is 42.6. The predicted octanol–water partition coefficient (Wildman–Crippen LogP) is 9.61. The third-order valence-electron chi connectivity index (χ3n) is 7.97. The second kappa shape index (κ2) is 32.2. The van der Waals surface area contributed by atoms with Crippen LogP contribution in [0.2, 0.25) is 0 Å². The van der Waals surface area contributed by atoms with Crippen molar-refractivity contribution < 1.29 is 43.0 Å². The zero-order valence-electron chi connectivity index (χ0n) is 30.1. The van der Waals surface area contributed by atoms with Gasteiger partial charge in [-0.2, -0.15) is 0 Å². The van der Waals surface area contributed by atoms with E-state index < -0.39 is 38.6 Å². The Labute approximate surface area is 291 Å². The fourth-order valence-electron chi connectivity index (χ4n) is 4.77. The molecule has 0 radical (unpaired) electrons. The van der Waals surface area contributed by atoms with E-state index in [1.54, 1.807) is 6.08 Å². The van der Waals surface area contributed by atoms with E-state index in [4.69, 9.17) is 19.3 Å². The molecule has 0 heterocycles. The standard InChI is InChI=1S/C38H67O9P/c1-4-6-7-8-12-18-23-28-35(39)29-24-19-14-11-16-21-26-31-38(41)47-36(33-46-48(42,43)44)32-45-37(40)30-25-20-15-10-9-13-17-22-27-34(3)5-2/h11-12,16,18-19,23-24,28,34-36,39H,4-10,13-15,17,20-22,25-27,29-33H2,1-3H3,(H2,42,43,44)/b16-11+,18-12-,24-19-,28-23-/t34?,35-,36+/m0/s1. The van der Waals surface area contributed by atoms with Gasteiger partial charge in [0.15, 0.2) is 6.10 Å². The normalized spacial score (nSPS) is 14.4. The van der Waals surface area contributed by atoms with E-state index in [1.807, 2.05) is 36.5 Å². The molecule has 0 aromatic rings. The van der Waals surface area contributed by atoms with Gasteiger partial charge in [0, 0.05) is 12.8 Å². The van der Waals surface area contributed by atoms with Crippen molar-refractivity contribution in [3.05, 3.63) is 48.6 Å². The Morgan fingerprint density at radius 3 is 2.06 bits per heavy atom. The molecule has 48 heavy (non-hydrogen) atoms. The van der Waals surface area contributed by atoms with Gasteiger partial charge in [0.05, 0.1) is 12.7 Å². The SMILES string of the molecule is CCCCC/C=C\C=C/[C@H](O)C/C=C\C/C=C/CCCC(=O)O[C@H](COC(=O)CCCCCCCCCCC(C)CC)COP(=O)(O)O. The van der Waals surface area contributed by atoms with Crippen molar-refractivity contribution in [2.24, 2.45) is 5.92 Å². The van der Waals surface area contributed by atoms with Crippen LogP contribution >= 0.6 is 7.82 Å². The number of ether oxygens (including phenoxy) is 2. The average molecular weight is 699 g/mol. The van der Waals surface area contributed by atoms with Gasteiger partial charge >= 0.3 is 19.8 Å². The fourth-order valence-corrected chi connectivity index (χ4v) is 5.13. The summed E-state index contributed by atoms with van der Waals surface area (Å²) in [5.41, 5.74) is 0. The van der Waals surface area contributed by atoms with Crippen molar-refractivity contribution in [3.8, 4) is 0 Å². The van der Waals surface area contributed by atoms with E-state index in [-0.39, 0.29) is 19.4 Å². The maximum Gasteiger partial charge on any atom is 0.469 e. The highest BCUT2D eigenvalue weighted by atomic mass is 31.2. The van der Waals surface area contributed by atoms with Gasteiger partial charge in [-0.15, -0.1) is 0 Å². The van der Waals surface area contributed by atoms with Crippen LogP contribution in [0.25, 0.3) is 0 Å². The second-order valence-electron chi connectivity index (χ2n) is 12.6. The molecule has 0 rings (SSSR count). The van der Waals surface area contributed by atoms with Gasteiger partial charge in [0.25, 0.3) is 0 Å². The van der Waals surface area contributed by atoms with Crippen molar-refractivity contribution in [1.82, 2.24) is 0 Å². The minimum Gasteiger partial charge on any atom is -0.462 e. The molecule has 9 nitrogen and oxygen atoms in total. The number of unbranched alkanes of at least 4 members (excludes halogenated alkanes) is 11.